The summed E-state index contributed by atoms with van der Waals surface area (Å²) in [5.41, 5.74) is 0. The van der Waals surface area contributed by atoms with Gasteiger partial charge < -0.3 is 18.9 Å². The molecular formula is C8H15BO4. The van der Waals surface area contributed by atoms with Gasteiger partial charge in [0.25, 0.3) is 0 Å². The van der Waals surface area contributed by atoms with Crippen LogP contribution >= 0.6 is 0 Å². The van der Waals surface area contributed by atoms with Crippen LogP contribution in [0.5, 0.6) is 0 Å². The number of ether oxygens (including phenoxy) is 4. The van der Waals surface area contributed by atoms with Crippen molar-refractivity contribution in [3.05, 3.63) is 0 Å². The molecule has 1 heterocycles. The number of rotatable bonds is 3. The maximum Gasteiger partial charge on any atom is 0.222 e. The van der Waals surface area contributed by atoms with E-state index in [0.29, 0.717) is 0 Å². The average Bonchev–Trinajstić information content (AvgIpc) is 2.36. The summed E-state index contributed by atoms with van der Waals surface area (Å²) < 4.78 is 21.1. The van der Waals surface area contributed by atoms with E-state index in [-0.39, 0.29) is 6.10 Å². The second-order valence-electron chi connectivity index (χ2n) is 3.03. The van der Waals surface area contributed by atoms with Gasteiger partial charge >= 0.3 is 0 Å². The third-order valence-corrected chi connectivity index (χ3v) is 2.51. The lowest BCUT2D eigenvalue weighted by Gasteiger charge is -2.33. The van der Waals surface area contributed by atoms with Crippen LogP contribution in [0.4, 0.5) is 0 Å². The Balaban J connectivity index is 2.89. The zero-order chi connectivity index (χ0) is 10.1. The van der Waals surface area contributed by atoms with E-state index in [0.717, 1.165) is 0 Å². The van der Waals surface area contributed by atoms with Crippen molar-refractivity contribution in [1.82, 2.24) is 0 Å². The van der Waals surface area contributed by atoms with Crippen LogP contribution in [0.3, 0.4) is 0 Å². The molecule has 0 amide bonds. The predicted octanol–water partition coefficient (Wildman–Crippen LogP) is -0.0962. The first kappa shape index (κ1) is 11.0. The molecule has 2 radical (unpaired) electrons. The highest BCUT2D eigenvalue weighted by Gasteiger charge is 2.54. The molecule has 1 aliphatic rings. The van der Waals surface area contributed by atoms with E-state index >= 15 is 0 Å². The molecular weight excluding hydrogens is 171 g/mol. The van der Waals surface area contributed by atoms with Gasteiger partial charge in [0.1, 0.15) is 20.1 Å². The maximum atomic E-state index is 5.70. The lowest BCUT2D eigenvalue weighted by molar-refractivity contribution is -0.264. The highest BCUT2D eigenvalue weighted by atomic mass is 16.7. The summed E-state index contributed by atoms with van der Waals surface area (Å²) in [5, 5.41) is 0. The van der Waals surface area contributed by atoms with Crippen LogP contribution in [0.2, 0.25) is 0 Å². The van der Waals surface area contributed by atoms with Crippen molar-refractivity contribution in [3.63, 3.8) is 0 Å². The molecule has 3 atom stereocenters. The molecule has 0 aromatic rings. The highest BCUT2D eigenvalue weighted by Crippen LogP contribution is 2.35. The van der Waals surface area contributed by atoms with Crippen molar-refractivity contribution in [1.29, 1.82) is 0 Å². The molecule has 1 fully saturated rings. The van der Waals surface area contributed by atoms with Crippen LogP contribution < -0.4 is 0 Å². The normalized spacial score (nSPS) is 38.0. The molecule has 0 aliphatic carbocycles. The Morgan fingerprint density at radius 2 is 1.77 bits per heavy atom. The molecule has 1 aliphatic heterocycles. The van der Waals surface area contributed by atoms with Crippen LogP contribution in [-0.4, -0.2) is 53.2 Å². The Labute approximate surface area is 79.9 Å². The number of methoxy groups -OCH3 is 3. The molecule has 0 spiro atoms. The van der Waals surface area contributed by atoms with Crippen LogP contribution in [0.15, 0.2) is 0 Å². The summed E-state index contributed by atoms with van der Waals surface area (Å²) in [6, 6.07) is -0.514. The van der Waals surface area contributed by atoms with Gasteiger partial charge in [-0.05, 0) is 6.92 Å². The van der Waals surface area contributed by atoms with Crippen molar-refractivity contribution in [2.45, 2.75) is 30.9 Å². The van der Waals surface area contributed by atoms with Gasteiger partial charge in [-0.1, -0.05) is 0 Å². The zero-order valence-corrected chi connectivity index (χ0v) is 8.44. The number of hydrogen-bond donors (Lipinski definition) is 0. The quantitative estimate of drug-likeness (QED) is 0.455. The predicted molar refractivity (Wildman–Crippen MR) is 47.6 cm³/mol. The standard InChI is InChI=1S/C8H15BO4/c1-5-8(11-3,12-4)6(10-2)7(9)13-5/h5-7H,1-4H3/t5-,6?,7?/m0/s1. The summed E-state index contributed by atoms with van der Waals surface area (Å²) in [6.45, 7) is 1.84. The summed E-state index contributed by atoms with van der Waals surface area (Å²) >= 11 is 0. The van der Waals surface area contributed by atoms with E-state index in [1.807, 2.05) is 6.92 Å². The average molecular weight is 186 g/mol. The fraction of sp³-hybridized carbons (Fsp3) is 1.00. The Kier molecular flexibility index (Phi) is 3.35. The highest BCUT2D eigenvalue weighted by molar-refractivity contribution is 6.11. The minimum absolute atomic E-state index is 0.248. The molecule has 0 N–H and O–H groups in total. The van der Waals surface area contributed by atoms with Crippen molar-refractivity contribution in [2.24, 2.45) is 0 Å². The summed E-state index contributed by atoms with van der Waals surface area (Å²) in [5.74, 6) is -0.895. The third-order valence-electron chi connectivity index (χ3n) is 2.51. The summed E-state index contributed by atoms with van der Waals surface area (Å²) in [4.78, 5) is 0. The molecule has 0 aromatic heterocycles. The lowest BCUT2D eigenvalue weighted by Crippen LogP contribution is -2.51. The van der Waals surface area contributed by atoms with Gasteiger partial charge in [-0.2, -0.15) is 0 Å². The van der Waals surface area contributed by atoms with Crippen molar-refractivity contribution in [2.75, 3.05) is 21.3 Å². The first-order chi connectivity index (χ1) is 6.12. The van der Waals surface area contributed by atoms with Gasteiger partial charge in [0, 0.05) is 27.3 Å². The maximum absolute atomic E-state index is 5.70. The van der Waals surface area contributed by atoms with E-state index in [1.54, 1.807) is 21.3 Å². The van der Waals surface area contributed by atoms with Gasteiger partial charge in [0.2, 0.25) is 5.79 Å². The van der Waals surface area contributed by atoms with Gasteiger partial charge in [-0.25, -0.2) is 0 Å². The van der Waals surface area contributed by atoms with Crippen LogP contribution in [0, 0.1) is 0 Å². The van der Waals surface area contributed by atoms with Crippen LogP contribution in [0.1, 0.15) is 6.92 Å². The molecule has 74 valence electrons. The second kappa shape index (κ2) is 3.96. The van der Waals surface area contributed by atoms with E-state index < -0.39 is 17.9 Å². The molecule has 0 saturated carbocycles. The van der Waals surface area contributed by atoms with E-state index in [1.165, 1.54) is 0 Å². The molecule has 5 heteroatoms. The Hall–Kier alpha value is -0.0951. The minimum atomic E-state index is -0.895. The first-order valence-electron chi connectivity index (χ1n) is 4.16. The molecule has 0 aromatic carbocycles. The van der Waals surface area contributed by atoms with Gasteiger partial charge in [0.15, 0.2) is 0 Å². The molecule has 1 saturated heterocycles. The van der Waals surface area contributed by atoms with Crippen molar-refractivity contribution >= 4 is 7.85 Å². The molecule has 2 unspecified atom stereocenters. The summed E-state index contributed by atoms with van der Waals surface area (Å²) in [6.07, 6.45) is -0.653. The molecule has 4 nitrogen and oxygen atoms in total. The van der Waals surface area contributed by atoms with E-state index in [2.05, 4.69) is 0 Å². The molecule has 0 bridgehead atoms. The minimum Gasteiger partial charge on any atom is -0.376 e. The van der Waals surface area contributed by atoms with Crippen LogP contribution in [-0.2, 0) is 18.9 Å². The fourth-order valence-corrected chi connectivity index (χ4v) is 1.81. The van der Waals surface area contributed by atoms with Gasteiger partial charge in [-0.15, -0.1) is 0 Å². The van der Waals surface area contributed by atoms with Gasteiger partial charge in [-0.3, -0.25) is 0 Å². The largest absolute Gasteiger partial charge is 0.376 e. The lowest BCUT2D eigenvalue weighted by atomic mass is 9.91. The van der Waals surface area contributed by atoms with Crippen molar-refractivity contribution < 1.29 is 18.9 Å². The smallest absolute Gasteiger partial charge is 0.222 e. The van der Waals surface area contributed by atoms with E-state index in [4.69, 9.17) is 26.8 Å². The van der Waals surface area contributed by atoms with Crippen LogP contribution in [0.25, 0.3) is 0 Å². The SMILES string of the molecule is [B]C1O[C@@H](C)C(OC)(OC)C1OC. The zero-order valence-electron chi connectivity index (χ0n) is 8.44. The Morgan fingerprint density at radius 3 is 2.08 bits per heavy atom. The first-order valence-corrected chi connectivity index (χ1v) is 4.16. The molecule has 1 rings (SSSR count). The third kappa shape index (κ3) is 1.50. The topological polar surface area (TPSA) is 36.9 Å². The number of hydrogen-bond acceptors (Lipinski definition) is 4. The van der Waals surface area contributed by atoms with E-state index in [9.17, 15) is 0 Å². The fourth-order valence-electron chi connectivity index (χ4n) is 1.81. The monoisotopic (exact) mass is 186 g/mol. The Bertz CT molecular complexity index is 172. The Morgan fingerprint density at radius 1 is 1.23 bits per heavy atom. The van der Waals surface area contributed by atoms with Crippen molar-refractivity contribution in [3.8, 4) is 0 Å². The summed E-state index contributed by atoms with van der Waals surface area (Å²) in [7, 11) is 10.4. The second-order valence-corrected chi connectivity index (χ2v) is 3.03. The van der Waals surface area contributed by atoms with Gasteiger partial charge in [0.05, 0.1) is 0 Å². The molecule has 13 heavy (non-hydrogen) atoms.